The van der Waals surface area contributed by atoms with E-state index in [1.165, 1.54) is 10.9 Å². The number of hydrogen-bond donors (Lipinski definition) is 7. The molecule has 0 saturated carbocycles. The summed E-state index contributed by atoms with van der Waals surface area (Å²) in [5, 5.41) is 29.6. The smallest absolute Gasteiger partial charge is 0.354 e. The summed E-state index contributed by atoms with van der Waals surface area (Å²) < 4.78 is 61.1. The molecule has 7 rings (SSSR count). The van der Waals surface area contributed by atoms with Gasteiger partial charge < -0.3 is 50.4 Å². The van der Waals surface area contributed by atoms with Crippen LogP contribution < -0.4 is 17.0 Å². The zero-order valence-corrected chi connectivity index (χ0v) is 24.1. The molecule has 0 bridgehead atoms. The van der Waals surface area contributed by atoms with Gasteiger partial charge in [0.2, 0.25) is 5.95 Å². The van der Waals surface area contributed by atoms with Gasteiger partial charge in [0.15, 0.2) is 60.4 Å². The molecule has 0 spiro atoms. The minimum Gasteiger partial charge on any atom is -0.385 e. The second-order valence-corrected chi connectivity index (χ2v) is 13.5. The Labute approximate surface area is 247 Å². The second kappa shape index (κ2) is 10.8. The van der Waals surface area contributed by atoms with Crippen molar-refractivity contribution in [3.05, 3.63) is 23.0 Å². The highest BCUT2D eigenvalue weighted by molar-refractivity contribution is 7.52. The van der Waals surface area contributed by atoms with E-state index < -0.39 is 82.9 Å². The topological polar surface area (TPSA) is 343 Å². The Hall–Kier alpha value is -3.51. The van der Waals surface area contributed by atoms with Gasteiger partial charge in [0.25, 0.3) is 5.56 Å². The number of anilines is 2. The molecule has 24 nitrogen and oxygen atoms in total. The number of fused-ring (bicyclic) bond motifs is 4. The zero-order chi connectivity index (χ0) is 31.8. The molecule has 9 N–H and O–H groups in total. The lowest BCUT2D eigenvalue weighted by molar-refractivity contribution is -0.179. The maximum atomic E-state index is 13.1. The van der Waals surface area contributed by atoms with E-state index in [2.05, 4.69) is 35.2 Å². The second-order valence-electron chi connectivity index (χ2n) is 10.0. The Kier molecular flexibility index (Phi) is 7.23. The molecule has 4 aromatic heterocycles. The van der Waals surface area contributed by atoms with Gasteiger partial charge in [0.05, 0.1) is 6.33 Å². The number of nitrogens with zero attached hydrogens (tertiary/aromatic N) is 8. The predicted molar refractivity (Wildman–Crippen MR) is 141 cm³/mol. The van der Waals surface area contributed by atoms with Crippen molar-refractivity contribution >= 4 is 49.3 Å². The van der Waals surface area contributed by atoms with E-state index in [9.17, 15) is 33.9 Å². The average Bonchev–Trinajstić information content (AvgIpc) is 3.72. The lowest BCUT2D eigenvalue weighted by Gasteiger charge is -2.28. The number of nitrogen functional groups attached to an aromatic ring is 2. The molecular weight excluding hydrogens is 652 g/mol. The molecule has 0 amide bonds. The molecule has 3 fully saturated rings. The summed E-state index contributed by atoms with van der Waals surface area (Å²) in [7, 11) is -9.63. The maximum Gasteiger partial charge on any atom is 0.354 e. The first kappa shape index (κ1) is 30.2. The monoisotopic (exact) mass is 675 g/mol. The third kappa shape index (κ3) is 5.29. The SMILES string of the molecule is Nc1nc2c(nnn2[C@@H]2O[C@@H]3OCP(=O)(O)OC4[C@@H](OCP(=O)(O)OC3[C@@H]2O)O[C@@H](n2cnc3c(N)ncnc32)[C@H]4O)c(=O)[nH]1. The number of hydrogen-bond acceptors (Lipinski definition) is 19. The quantitative estimate of drug-likeness (QED) is 0.104. The molecule has 10 atom stereocenters. The van der Waals surface area contributed by atoms with Gasteiger partial charge in [0.1, 0.15) is 36.3 Å². The lowest BCUT2D eigenvalue weighted by atomic mass is 10.2. The van der Waals surface area contributed by atoms with Crippen LogP contribution in [0, 0.1) is 0 Å². The van der Waals surface area contributed by atoms with Crippen molar-refractivity contribution in [2.24, 2.45) is 0 Å². The van der Waals surface area contributed by atoms with Gasteiger partial charge >= 0.3 is 15.2 Å². The van der Waals surface area contributed by atoms with Crippen LogP contribution in [0.1, 0.15) is 12.5 Å². The first-order valence-corrected chi connectivity index (χ1v) is 16.3. The van der Waals surface area contributed by atoms with Crippen molar-refractivity contribution in [2.75, 3.05) is 24.2 Å². The summed E-state index contributed by atoms with van der Waals surface area (Å²) >= 11 is 0. The highest BCUT2D eigenvalue weighted by Gasteiger charge is 2.54. The predicted octanol–water partition coefficient (Wildman–Crippen LogP) is -2.95. The van der Waals surface area contributed by atoms with Gasteiger partial charge in [-0.25, -0.2) is 15.0 Å². The average molecular weight is 675 g/mol. The molecule has 0 aliphatic carbocycles. The molecule has 45 heavy (non-hydrogen) atoms. The van der Waals surface area contributed by atoms with Gasteiger partial charge in [-0.15, -0.1) is 5.10 Å². The fraction of sp³-hybridized carbons (Fsp3) is 0.526. The van der Waals surface area contributed by atoms with Gasteiger partial charge in [-0.1, -0.05) is 5.21 Å². The van der Waals surface area contributed by atoms with E-state index in [0.29, 0.717) is 0 Å². The molecule has 4 aromatic rings. The number of H-pyrrole nitrogens is 1. The normalized spacial score (nSPS) is 37.7. The molecule has 3 aliphatic rings. The first-order valence-electron chi connectivity index (χ1n) is 12.8. The van der Waals surface area contributed by atoms with Crippen molar-refractivity contribution in [3.63, 3.8) is 0 Å². The molecule has 7 heterocycles. The van der Waals surface area contributed by atoms with Gasteiger partial charge in [-0.05, 0) is 0 Å². The minimum absolute atomic E-state index is 0.0313. The van der Waals surface area contributed by atoms with E-state index in [0.717, 1.165) is 11.0 Å². The van der Waals surface area contributed by atoms with Crippen LogP contribution in [-0.4, -0.2) is 114 Å². The van der Waals surface area contributed by atoms with Crippen LogP contribution in [0.5, 0.6) is 0 Å². The molecule has 3 aliphatic heterocycles. The van der Waals surface area contributed by atoms with Crippen molar-refractivity contribution in [2.45, 2.75) is 49.5 Å². The summed E-state index contributed by atoms with van der Waals surface area (Å²) in [5.41, 5.74) is 10.5. The molecule has 26 heteroatoms. The summed E-state index contributed by atoms with van der Waals surface area (Å²) in [6, 6.07) is 0. The van der Waals surface area contributed by atoms with E-state index in [1.54, 1.807) is 0 Å². The van der Waals surface area contributed by atoms with E-state index in [-0.39, 0.29) is 34.1 Å². The van der Waals surface area contributed by atoms with Crippen molar-refractivity contribution in [1.29, 1.82) is 0 Å². The summed E-state index contributed by atoms with van der Waals surface area (Å²) in [4.78, 5) is 51.6. The van der Waals surface area contributed by atoms with Crippen LogP contribution in [0.4, 0.5) is 11.8 Å². The number of nitrogens with one attached hydrogen (secondary N) is 1. The van der Waals surface area contributed by atoms with Crippen LogP contribution in [-0.2, 0) is 37.1 Å². The van der Waals surface area contributed by atoms with Crippen molar-refractivity contribution in [1.82, 2.24) is 44.5 Å². The lowest BCUT2D eigenvalue weighted by Crippen LogP contribution is -2.38. The summed E-state index contributed by atoms with van der Waals surface area (Å²) in [6.45, 7) is 0. The number of aromatic amines is 1. The summed E-state index contributed by atoms with van der Waals surface area (Å²) in [6.07, 6.45) is -13.5. The van der Waals surface area contributed by atoms with Crippen LogP contribution in [0.25, 0.3) is 22.3 Å². The minimum atomic E-state index is -4.82. The van der Waals surface area contributed by atoms with Crippen LogP contribution in [0.15, 0.2) is 17.4 Å². The van der Waals surface area contributed by atoms with E-state index >= 15 is 0 Å². The van der Waals surface area contributed by atoms with Gasteiger partial charge in [0, 0.05) is 0 Å². The van der Waals surface area contributed by atoms with E-state index in [4.69, 9.17) is 39.5 Å². The molecule has 4 unspecified atom stereocenters. The molecule has 0 radical (unpaired) electrons. The molecule has 242 valence electrons. The Bertz CT molecular complexity index is 1940. The Morgan fingerprint density at radius 1 is 0.889 bits per heavy atom. The number of rotatable bonds is 2. The number of nitrogens with two attached hydrogens (primary N) is 2. The van der Waals surface area contributed by atoms with Crippen molar-refractivity contribution in [3.8, 4) is 0 Å². The zero-order valence-electron chi connectivity index (χ0n) is 22.3. The van der Waals surface area contributed by atoms with Crippen LogP contribution >= 0.6 is 15.2 Å². The van der Waals surface area contributed by atoms with Crippen LogP contribution in [0.3, 0.4) is 0 Å². The highest BCUT2D eigenvalue weighted by atomic mass is 31.2. The summed E-state index contributed by atoms with van der Waals surface area (Å²) in [5.74, 6) is -0.280. The van der Waals surface area contributed by atoms with Crippen molar-refractivity contribution < 1.29 is 57.1 Å². The Balaban J connectivity index is 1.17. The molecule has 0 aromatic carbocycles. The number of aromatic nitrogens is 9. The standard InChI is InChI=1S/C19H23N11O13P2/c20-11-5-12(23-1-22-11)29(2-24-5)15-7(31)9-17(40-15)38-3-45(36,37)43-10-8(32)16(41-18(10)39-4-44(34,35)42-9)30-13-6(27-28-30)14(33)26-19(21)25-13/h1-2,7-10,15-18,31-32H,3-4H2,(H,34,35)(H,36,37)(H2,20,22,23)(H3,21,25,26,33)/t7-,8-,9?,10?,15+,16+,17-,18-/m0/s1. The van der Waals surface area contributed by atoms with E-state index in [1.807, 2.05) is 0 Å². The van der Waals surface area contributed by atoms with Crippen LogP contribution in [0.2, 0.25) is 0 Å². The third-order valence-electron chi connectivity index (χ3n) is 6.97. The number of imidazole rings is 1. The molecular formula is C19H23N11O13P2. The third-order valence-corrected chi connectivity index (χ3v) is 9.07. The number of aliphatic hydroxyl groups excluding tert-OH is 2. The largest absolute Gasteiger partial charge is 0.385 e. The fourth-order valence-corrected chi connectivity index (χ4v) is 7.02. The number of aliphatic hydroxyl groups is 2. The number of ether oxygens (including phenoxy) is 4. The molecule has 3 saturated heterocycles. The Morgan fingerprint density at radius 3 is 2.18 bits per heavy atom. The fourth-order valence-electron chi connectivity index (χ4n) is 5.02. The van der Waals surface area contributed by atoms with Gasteiger partial charge in [-0.2, -0.15) is 9.67 Å². The highest BCUT2D eigenvalue weighted by Crippen LogP contribution is 2.53. The first-order chi connectivity index (χ1) is 21.3. The Morgan fingerprint density at radius 2 is 1.51 bits per heavy atom. The maximum absolute atomic E-state index is 13.1. The van der Waals surface area contributed by atoms with Gasteiger partial charge in [-0.3, -0.25) is 32.5 Å².